The van der Waals surface area contributed by atoms with Crippen molar-refractivity contribution in [1.29, 1.82) is 0 Å². The third-order valence-electron chi connectivity index (χ3n) is 2.04. The number of hydrogen-bond donors (Lipinski definition) is 4. The Morgan fingerprint density at radius 3 is 2.44 bits per heavy atom. The number of carbonyl (C=O) groups is 1. The molecule has 2 aliphatic heterocycles. The maximum atomic E-state index is 10.5. The Hall–Kier alpha value is -1.59. The van der Waals surface area contributed by atoms with Crippen LogP contribution in [0.4, 0.5) is 0 Å². The molecule has 0 aromatic carbocycles. The van der Waals surface area contributed by atoms with E-state index in [0.29, 0.717) is 5.70 Å². The van der Waals surface area contributed by atoms with E-state index in [1.165, 1.54) is 19.5 Å². The average molecular weight is 222 g/mol. The maximum Gasteiger partial charge on any atom is 0.265 e. The van der Waals surface area contributed by atoms with E-state index in [2.05, 4.69) is 16.0 Å². The molecule has 0 saturated carbocycles. The van der Waals surface area contributed by atoms with Crippen molar-refractivity contribution in [2.45, 2.75) is 6.42 Å². The Balaban J connectivity index is 0.000000181. The van der Waals surface area contributed by atoms with Gasteiger partial charge in [-0.3, -0.25) is 4.79 Å². The van der Waals surface area contributed by atoms with Crippen LogP contribution in [0.15, 0.2) is 36.2 Å². The molecule has 0 aromatic heterocycles. The summed E-state index contributed by atoms with van der Waals surface area (Å²) in [6, 6.07) is 0. The van der Waals surface area contributed by atoms with Crippen molar-refractivity contribution in [3.8, 4) is 0 Å². The molecular formula is C11H18N4O. The summed E-state index contributed by atoms with van der Waals surface area (Å²) >= 11 is 0. The number of carbonyl (C=O) groups excluding carboxylic acids is 1. The van der Waals surface area contributed by atoms with Gasteiger partial charge < -0.3 is 21.7 Å². The van der Waals surface area contributed by atoms with Crippen LogP contribution in [-0.4, -0.2) is 25.7 Å². The van der Waals surface area contributed by atoms with Gasteiger partial charge in [-0.1, -0.05) is 12.2 Å². The summed E-state index contributed by atoms with van der Waals surface area (Å²) in [4.78, 5) is 10.5. The molecule has 16 heavy (non-hydrogen) atoms. The minimum absolute atomic E-state index is 0.407. The molecule has 0 spiro atoms. The van der Waals surface area contributed by atoms with Gasteiger partial charge in [-0.15, -0.1) is 0 Å². The number of amides is 1. The number of primary amides is 1. The monoisotopic (exact) mass is 222 g/mol. The molecule has 0 unspecified atom stereocenters. The van der Waals surface area contributed by atoms with Gasteiger partial charge in [0.2, 0.25) is 0 Å². The van der Waals surface area contributed by atoms with Crippen molar-refractivity contribution in [1.82, 2.24) is 16.0 Å². The van der Waals surface area contributed by atoms with E-state index in [9.17, 15) is 4.79 Å². The molecule has 1 fully saturated rings. The second kappa shape index (κ2) is 7.67. The van der Waals surface area contributed by atoms with E-state index < -0.39 is 5.91 Å². The fourth-order valence-electron chi connectivity index (χ4n) is 1.21. The lowest BCUT2D eigenvalue weighted by Gasteiger charge is -2.11. The van der Waals surface area contributed by atoms with Crippen LogP contribution in [-0.2, 0) is 4.79 Å². The summed E-state index contributed by atoms with van der Waals surface area (Å²) in [5.74, 6) is -0.448. The van der Waals surface area contributed by atoms with Crippen LogP contribution in [0.2, 0.25) is 0 Å². The van der Waals surface area contributed by atoms with Gasteiger partial charge in [-0.25, -0.2) is 0 Å². The van der Waals surface area contributed by atoms with Crippen LogP contribution in [0.5, 0.6) is 0 Å². The number of nitrogens with one attached hydrogen (secondary N) is 3. The Labute approximate surface area is 95.5 Å². The van der Waals surface area contributed by atoms with Gasteiger partial charge in [0.1, 0.15) is 5.70 Å². The topological polar surface area (TPSA) is 79.2 Å². The van der Waals surface area contributed by atoms with E-state index >= 15 is 0 Å². The molecule has 0 aliphatic carbocycles. The molecule has 5 N–H and O–H groups in total. The summed E-state index contributed by atoms with van der Waals surface area (Å²) in [6.07, 6.45) is 9.90. The lowest BCUT2D eigenvalue weighted by Crippen LogP contribution is -2.37. The van der Waals surface area contributed by atoms with Gasteiger partial charge in [0.15, 0.2) is 0 Å². The van der Waals surface area contributed by atoms with Gasteiger partial charge in [0.05, 0.1) is 0 Å². The summed E-state index contributed by atoms with van der Waals surface area (Å²) in [6.45, 7) is 3.38. The predicted octanol–water partition coefficient (Wildman–Crippen LogP) is -0.444. The summed E-state index contributed by atoms with van der Waals surface area (Å²) in [5.41, 5.74) is 5.41. The van der Waals surface area contributed by atoms with Crippen molar-refractivity contribution in [2.24, 2.45) is 5.73 Å². The van der Waals surface area contributed by atoms with Crippen LogP contribution in [0, 0.1) is 0 Å². The van der Waals surface area contributed by atoms with Gasteiger partial charge in [0.25, 0.3) is 5.91 Å². The quantitative estimate of drug-likeness (QED) is 0.485. The van der Waals surface area contributed by atoms with Crippen LogP contribution in [0.25, 0.3) is 0 Å². The Morgan fingerprint density at radius 2 is 1.94 bits per heavy atom. The molecule has 0 aromatic rings. The smallest absolute Gasteiger partial charge is 0.265 e. The summed E-state index contributed by atoms with van der Waals surface area (Å²) in [5, 5.41) is 9.07. The first-order chi connectivity index (χ1) is 7.80. The number of hydrogen-bond acceptors (Lipinski definition) is 4. The van der Waals surface area contributed by atoms with E-state index in [1.807, 2.05) is 6.08 Å². The van der Waals surface area contributed by atoms with Crippen molar-refractivity contribution < 1.29 is 4.79 Å². The van der Waals surface area contributed by atoms with Crippen LogP contribution >= 0.6 is 0 Å². The highest BCUT2D eigenvalue weighted by Gasteiger charge is 1.99. The van der Waals surface area contributed by atoms with Crippen molar-refractivity contribution in [2.75, 3.05) is 19.8 Å². The lowest BCUT2D eigenvalue weighted by molar-refractivity contribution is -0.114. The first-order valence-corrected chi connectivity index (χ1v) is 5.32. The number of rotatable bonds is 1. The molecule has 0 atom stereocenters. The van der Waals surface area contributed by atoms with Gasteiger partial charge in [0, 0.05) is 12.9 Å². The van der Waals surface area contributed by atoms with Gasteiger partial charge in [-0.05, 0) is 31.7 Å². The third-order valence-corrected chi connectivity index (χ3v) is 2.04. The fraction of sp³-hybridized carbons (Fsp3) is 0.364. The molecule has 1 amide bonds. The van der Waals surface area contributed by atoms with Crippen molar-refractivity contribution in [3.05, 3.63) is 36.2 Å². The first-order valence-electron chi connectivity index (χ1n) is 5.32. The van der Waals surface area contributed by atoms with E-state index in [-0.39, 0.29) is 0 Å². The zero-order valence-electron chi connectivity index (χ0n) is 9.20. The standard InChI is InChI=1S/C7H8N2O.C4H10N2/c8-7(10)6-4-2-1-3-5-9-6;1-2-5-4-6-3-1/h1-5,9H,(H2,8,10);5-6H,1-4H2. The predicted molar refractivity (Wildman–Crippen MR) is 64.2 cm³/mol. The zero-order valence-corrected chi connectivity index (χ0v) is 9.20. The SMILES string of the molecule is C1CNCNC1.NC(=O)C1=CC=CC=CN1. The fourth-order valence-corrected chi connectivity index (χ4v) is 1.21. The molecule has 2 rings (SSSR count). The number of allylic oxidation sites excluding steroid dienone is 4. The van der Waals surface area contributed by atoms with E-state index in [4.69, 9.17) is 5.73 Å². The molecule has 2 heterocycles. The molecule has 5 heteroatoms. The van der Waals surface area contributed by atoms with Gasteiger partial charge >= 0.3 is 0 Å². The Bertz CT molecular complexity index is 292. The Kier molecular flexibility index (Phi) is 5.98. The average Bonchev–Trinajstić information content (AvgIpc) is 2.61. The molecule has 0 bridgehead atoms. The second-order valence-corrected chi connectivity index (χ2v) is 3.36. The van der Waals surface area contributed by atoms with Crippen LogP contribution in [0.3, 0.4) is 0 Å². The van der Waals surface area contributed by atoms with Crippen LogP contribution < -0.4 is 21.7 Å². The normalized spacial score (nSPS) is 18.6. The molecule has 2 aliphatic rings. The maximum absolute atomic E-state index is 10.5. The molecule has 1 saturated heterocycles. The summed E-state index contributed by atoms with van der Waals surface area (Å²) < 4.78 is 0. The third kappa shape index (κ3) is 5.33. The van der Waals surface area contributed by atoms with E-state index in [1.54, 1.807) is 24.4 Å². The molecule has 0 radical (unpaired) electrons. The largest absolute Gasteiger partial charge is 0.364 e. The highest BCUT2D eigenvalue weighted by molar-refractivity contribution is 5.91. The molecule has 5 nitrogen and oxygen atoms in total. The van der Waals surface area contributed by atoms with Crippen molar-refractivity contribution in [3.63, 3.8) is 0 Å². The van der Waals surface area contributed by atoms with Crippen molar-refractivity contribution >= 4 is 5.91 Å². The second-order valence-electron chi connectivity index (χ2n) is 3.36. The zero-order chi connectivity index (χ0) is 11.6. The van der Waals surface area contributed by atoms with Gasteiger partial charge in [-0.2, -0.15) is 0 Å². The van der Waals surface area contributed by atoms with E-state index in [0.717, 1.165) is 6.67 Å². The highest BCUT2D eigenvalue weighted by atomic mass is 16.1. The Morgan fingerprint density at radius 1 is 1.19 bits per heavy atom. The minimum atomic E-state index is -0.448. The molecule has 88 valence electrons. The van der Waals surface area contributed by atoms with Crippen LogP contribution in [0.1, 0.15) is 6.42 Å². The molecular weight excluding hydrogens is 204 g/mol. The first kappa shape index (κ1) is 12.5. The highest BCUT2D eigenvalue weighted by Crippen LogP contribution is 1.93. The summed E-state index contributed by atoms with van der Waals surface area (Å²) in [7, 11) is 0. The number of nitrogens with two attached hydrogens (primary N) is 1. The minimum Gasteiger partial charge on any atom is -0.364 e. The lowest BCUT2D eigenvalue weighted by atomic mass is 10.4.